The van der Waals surface area contributed by atoms with Gasteiger partial charge in [0.1, 0.15) is 23.9 Å². The molecule has 2 aromatic heterocycles. The van der Waals surface area contributed by atoms with Gasteiger partial charge < -0.3 is 4.42 Å². The highest BCUT2D eigenvalue weighted by molar-refractivity contribution is 6.30. The molecule has 154 valence electrons. The van der Waals surface area contributed by atoms with Crippen LogP contribution in [-0.4, -0.2) is 31.6 Å². The third kappa shape index (κ3) is 3.62. The lowest BCUT2D eigenvalue weighted by Gasteiger charge is -2.19. The maximum atomic E-state index is 13.2. The number of hydrogen-bond donors (Lipinski definition) is 0. The highest BCUT2D eigenvalue weighted by atomic mass is 35.5. The molecule has 0 fully saturated rings. The second kappa shape index (κ2) is 7.81. The Hall–Kier alpha value is -3.78. The zero-order valence-electron chi connectivity index (χ0n) is 16.2. The molecule has 0 saturated carbocycles. The molecule has 5 rings (SSSR count). The Morgan fingerprint density at radius 3 is 2.68 bits per heavy atom. The van der Waals surface area contributed by atoms with Crippen LogP contribution in [0.25, 0.3) is 10.9 Å². The minimum Gasteiger partial charge on any atom is -0.467 e. The first-order valence-electron chi connectivity index (χ1n) is 9.61. The van der Waals surface area contributed by atoms with Gasteiger partial charge in [0.05, 0.1) is 17.4 Å². The highest BCUT2D eigenvalue weighted by Crippen LogP contribution is 2.33. The zero-order chi connectivity index (χ0) is 21.4. The first kappa shape index (κ1) is 19.2. The van der Waals surface area contributed by atoms with Crippen LogP contribution in [-0.2, 0) is 11.3 Å². The van der Waals surface area contributed by atoms with Crippen molar-refractivity contribution in [3.63, 3.8) is 0 Å². The predicted octanol–water partition coefficient (Wildman–Crippen LogP) is 3.42. The molecule has 2 aromatic carbocycles. The maximum absolute atomic E-state index is 13.2. The van der Waals surface area contributed by atoms with Crippen molar-refractivity contribution in [1.29, 1.82) is 0 Å². The van der Waals surface area contributed by atoms with Gasteiger partial charge in [-0.15, -0.1) is 5.10 Å². The second-order valence-electron chi connectivity index (χ2n) is 7.10. The normalized spacial score (nSPS) is 16.0. The summed E-state index contributed by atoms with van der Waals surface area (Å²) in [7, 11) is 0. The summed E-state index contributed by atoms with van der Waals surface area (Å²) in [5, 5.41) is 14.9. The summed E-state index contributed by atoms with van der Waals surface area (Å²) in [6.45, 7) is -0.286. The van der Waals surface area contributed by atoms with Gasteiger partial charge in [-0.3, -0.25) is 9.59 Å². The molecule has 0 aliphatic carbocycles. The van der Waals surface area contributed by atoms with Gasteiger partial charge in [-0.2, -0.15) is 5.10 Å². The summed E-state index contributed by atoms with van der Waals surface area (Å²) in [5.74, 6) is 0.218. The standard InChI is InChI=1S/C22H16ClN5O3/c23-15-9-7-14(8-10-15)18-12-19(20-6-3-11-31-20)28(25-18)21(29)13-27-22(30)16-4-1-2-5-17(16)24-26-27/h1-11,19H,12-13H2. The van der Waals surface area contributed by atoms with Crippen molar-refractivity contribution in [2.45, 2.75) is 19.0 Å². The average molecular weight is 434 g/mol. The van der Waals surface area contributed by atoms with Gasteiger partial charge in [-0.05, 0) is 42.0 Å². The molecule has 31 heavy (non-hydrogen) atoms. The molecule has 4 aromatic rings. The van der Waals surface area contributed by atoms with Crippen molar-refractivity contribution in [2.24, 2.45) is 5.10 Å². The molecule has 1 aliphatic heterocycles. The Kier molecular flexibility index (Phi) is 4.83. The number of nitrogens with zero attached hydrogens (tertiary/aromatic N) is 5. The van der Waals surface area contributed by atoms with Crippen molar-refractivity contribution in [3.05, 3.63) is 93.6 Å². The average Bonchev–Trinajstić information content (AvgIpc) is 3.46. The monoisotopic (exact) mass is 433 g/mol. The number of carbonyl (C=O) groups excluding carboxylic acids is 1. The number of amides is 1. The van der Waals surface area contributed by atoms with Crippen molar-refractivity contribution in [1.82, 2.24) is 20.0 Å². The lowest BCUT2D eigenvalue weighted by atomic mass is 10.0. The molecule has 1 aliphatic rings. The molecule has 0 saturated heterocycles. The smallest absolute Gasteiger partial charge is 0.278 e. The second-order valence-corrected chi connectivity index (χ2v) is 7.53. The van der Waals surface area contributed by atoms with Crippen LogP contribution in [0, 0.1) is 0 Å². The Bertz CT molecular complexity index is 1350. The van der Waals surface area contributed by atoms with Crippen LogP contribution in [0.15, 0.2) is 81.2 Å². The fraction of sp³-hybridized carbons (Fsp3) is 0.136. The number of furan rings is 1. The number of hydrazone groups is 1. The molecule has 1 atom stereocenters. The van der Waals surface area contributed by atoms with E-state index >= 15 is 0 Å². The summed E-state index contributed by atoms with van der Waals surface area (Å²) >= 11 is 5.99. The van der Waals surface area contributed by atoms with Gasteiger partial charge in [-0.1, -0.05) is 41.1 Å². The molecule has 0 bridgehead atoms. The lowest BCUT2D eigenvalue weighted by Crippen LogP contribution is -2.35. The van der Waals surface area contributed by atoms with Crippen LogP contribution in [0.5, 0.6) is 0 Å². The molecular weight excluding hydrogens is 418 g/mol. The van der Waals surface area contributed by atoms with E-state index in [0.717, 1.165) is 16.0 Å². The van der Waals surface area contributed by atoms with E-state index < -0.39 is 11.9 Å². The topological polar surface area (TPSA) is 93.6 Å². The molecule has 3 heterocycles. The summed E-state index contributed by atoms with van der Waals surface area (Å²) in [4.78, 5) is 25.9. The molecule has 0 N–H and O–H groups in total. The number of carbonyl (C=O) groups is 1. The van der Waals surface area contributed by atoms with E-state index in [1.165, 1.54) is 5.01 Å². The first-order valence-corrected chi connectivity index (χ1v) is 9.99. The van der Waals surface area contributed by atoms with Crippen molar-refractivity contribution in [2.75, 3.05) is 0 Å². The minimum absolute atomic E-state index is 0.286. The van der Waals surface area contributed by atoms with Gasteiger partial charge in [0, 0.05) is 11.4 Å². The fourth-order valence-corrected chi connectivity index (χ4v) is 3.71. The van der Waals surface area contributed by atoms with E-state index in [1.54, 1.807) is 54.8 Å². The molecule has 8 nitrogen and oxygen atoms in total. The zero-order valence-corrected chi connectivity index (χ0v) is 16.9. The number of halogens is 1. The quantitative estimate of drug-likeness (QED) is 0.491. The van der Waals surface area contributed by atoms with Crippen LogP contribution >= 0.6 is 11.6 Å². The Morgan fingerprint density at radius 1 is 1.10 bits per heavy atom. The first-order chi connectivity index (χ1) is 15.1. The van der Waals surface area contributed by atoms with E-state index in [1.807, 2.05) is 12.1 Å². The fourth-order valence-electron chi connectivity index (χ4n) is 3.59. The third-order valence-electron chi connectivity index (χ3n) is 5.13. The SMILES string of the molecule is O=C(Cn1nnc2ccccc2c1=O)N1N=C(c2ccc(Cl)cc2)CC1c1ccco1. The minimum atomic E-state index is -0.419. The summed E-state index contributed by atoms with van der Waals surface area (Å²) in [6, 6.07) is 17.3. The van der Waals surface area contributed by atoms with Crippen molar-refractivity contribution in [3.8, 4) is 0 Å². The Morgan fingerprint density at radius 2 is 1.90 bits per heavy atom. The van der Waals surface area contributed by atoms with Crippen molar-refractivity contribution < 1.29 is 9.21 Å². The van der Waals surface area contributed by atoms with E-state index in [-0.39, 0.29) is 12.1 Å². The molecule has 0 spiro atoms. The van der Waals surface area contributed by atoms with E-state index in [4.69, 9.17) is 16.0 Å². The van der Waals surface area contributed by atoms with E-state index in [0.29, 0.717) is 28.1 Å². The Labute approximate surface area is 181 Å². The number of fused-ring (bicyclic) bond motifs is 1. The van der Waals surface area contributed by atoms with Gasteiger partial charge in [-0.25, -0.2) is 9.69 Å². The number of hydrogen-bond acceptors (Lipinski definition) is 6. The van der Waals surface area contributed by atoms with Gasteiger partial charge in [0.25, 0.3) is 11.5 Å². The summed E-state index contributed by atoms with van der Waals surface area (Å²) < 4.78 is 6.60. The van der Waals surface area contributed by atoms with Gasteiger partial charge in [0.2, 0.25) is 0 Å². The molecule has 9 heteroatoms. The third-order valence-corrected chi connectivity index (χ3v) is 5.38. The molecular formula is C22H16ClN5O3. The Balaban J connectivity index is 1.48. The van der Waals surface area contributed by atoms with Crippen LogP contribution in [0.1, 0.15) is 23.8 Å². The largest absolute Gasteiger partial charge is 0.467 e. The van der Waals surface area contributed by atoms with Crippen molar-refractivity contribution >= 4 is 34.1 Å². The molecule has 1 amide bonds. The number of benzene rings is 2. The predicted molar refractivity (Wildman–Crippen MR) is 115 cm³/mol. The van der Waals surface area contributed by atoms with Crippen LogP contribution in [0.3, 0.4) is 0 Å². The molecule has 1 unspecified atom stereocenters. The highest BCUT2D eigenvalue weighted by Gasteiger charge is 2.35. The van der Waals surface area contributed by atoms with E-state index in [2.05, 4.69) is 15.4 Å². The van der Waals surface area contributed by atoms with E-state index in [9.17, 15) is 9.59 Å². The number of rotatable bonds is 4. The number of aromatic nitrogens is 3. The summed E-state index contributed by atoms with van der Waals surface area (Å²) in [6.07, 6.45) is 2.02. The van der Waals surface area contributed by atoms with Gasteiger partial charge in [0.15, 0.2) is 0 Å². The van der Waals surface area contributed by atoms with Gasteiger partial charge >= 0.3 is 0 Å². The lowest BCUT2D eigenvalue weighted by molar-refractivity contribution is -0.134. The maximum Gasteiger partial charge on any atom is 0.278 e. The summed E-state index contributed by atoms with van der Waals surface area (Å²) in [5.41, 5.74) is 1.69. The van der Waals surface area contributed by atoms with Crippen LogP contribution in [0.2, 0.25) is 5.02 Å². The van der Waals surface area contributed by atoms with Crippen LogP contribution in [0.4, 0.5) is 0 Å². The van der Waals surface area contributed by atoms with Crippen LogP contribution < -0.4 is 5.56 Å². The molecule has 0 radical (unpaired) electrons.